The van der Waals surface area contributed by atoms with Crippen LogP contribution >= 0.6 is 0 Å². The summed E-state index contributed by atoms with van der Waals surface area (Å²) in [5.41, 5.74) is 0.0568. The van der Waals surface area contributed by atoms with Crippen molar-refractivity contribution >= 4 is 0 Å². The summed E-state index contributed by atoms with van der Waals surface area (Å²) in [6, 6.07) is 0. The van der Waals surface area contributed by atoms with Crippen LogP contribution in [-0.2, 0) is 9.47 Å². The van der Waals surface area contributed by atoms with Crippen LogP contribution in [0.25, 0.3) is 0 Å². The third kappa shape index (κ3) is 1.45. The molecule has 0 aromatic rings. The highest BCUT2D eigenvalue weighted by molar-refractivity contribution is 5.34. The standard InChI is InChI=1S/C12H16O2/c1-9(2)12(3)6-4-5-10-11(7-12)14-8-13-10/h4-7,9H,8H2,1-3H3. The van der Waals surface area contributed by atoms with Gasteiger partial charge in [-0.2, -0.15) is 0 Å². The Labute approximate surface area is 84.9 Å². The summed E-state index contributed by atoms with van der Waals surface area (Å²) in [6.07, 6.45) is 8.36. The molecule has 0 aromatic heterocycles. The average Bonchev–Trinajstić information content (AvgIpc) is 2.46. The van der Waals surface area contributed by atoms with Gasteiger partial charge in [0.05, 0.1) is 0 Å². The zero-order valence-corrected chi connectivity index (χ0v) is 8.91. The lowest BCUT2D eigenvalue weighted by Crippen LogP contribution is -2.18. The van der Waals surface area contributed by atoms with Crippen molar-refractivity contribution in [2.45, 2.75) is 20.8 Å². The van der Waals surface area contributed by atoms with E-state index < -0.39 is 0 Å². The second-order valence-corrected chi connectivity index (χ2v) is 4.33. The molecule has 0 spiro atoms. The zero-order valence-electron chi connectivity index (χ0n) is 8.91. The minimum atomic E-state index is 0.0568. The molecule has 1 saturated heterocycles. The van der Waals surface area contributed by atoms with Gasteiger partial charge in [0.1, 0.15) is 0 Å². The Balaban J connectivity index is 2.38. The van der Waals surface area contributed by atoms with Crippen molar-refractivity contribution in [3.8, 4) is 0 Å². The second kappa shape index (κ2) is 3.19. The van der Waals surface area contributed by atoms with Crippen molar-refractivity contribution in [2.24, 2.45) is 11.3 Å². The number of fused-ring (bicyclic) bond motifs is 1. The van der Waals surface area contributed by atoms with Crippen LogP contribution in [-0.4, -0.2) is 6.79 Å². The topological polar surface area (TPSA) is 18.5 Å². The molecule has 2 rings (SSSR count). The van der Waals surface area contributed by atoms with Gasteiger partial charge in [-0.15, -0.1) is 0 Å². The Kier molecular flexibility index (Phi) is 2.14. The van der Waals surface area contributed by atoms with Crippen LogP contribution in [0.3, 0.4) is 0 Å². The molecule has 76 valence electrons. The van der Waals surface area contributed by atoms with Crippen molar-refractivity contribution < 1.29 is 9.47 Å². The van der Waals surface area contributed by atoms with Gasteiger partial charge in [0, 0.05) is 5.41 Å². The van der Waals surface area contributed by atoms with Crippen LogP contribution in [0.1, 0.15) is 20.8 Å². The van der Waals surface area contributed by atoms with E-state index in [0.717, 1.165) is 11.5 Å². The van der Waals surface area contributed by atoms with Crippen molar-refractivity contribution in [1.82, 2.24) is 0 Å². The third-order valence-electron chi connectivity index (χ3n) is 3.06. The maximum Gasteiger partial charge on any atom is 0.231 e. The lowest BCUT2D eigenvalue weighted by molar-refractivity contribution is 0.0965. The predicted molar refractivity (Wildman–Crippen MR) is 55.3 cm³/mol. The van der Waals surface area contributed by atoms with Crippen LogP contribution in [0.4, 0.5) is 0 Å². The summed E-state index contributed by atoms with van der Waals surface area (Å²) < 4.78 is 10.7. The molecule has 14 heavy (non-hydrogen) atoms. The van der Waals surface area contributed by atoms with Crippen LogP contribution in [0.5, 0.6) is 0 Å². The molecular formula is C12H16O2. The molecule has 2 aliphatic rings. The number of hydrogen-bond donors (Lipinski definition) is 0. The molecule has 0 radical (unpaired) electrons. The normalized spacial score (nSPS) is 30.0. The fraction of sp³-hybridized carbons (Fsp3) is 0.500. The molecule has 0 amide bonds. The smallest absolute Gasteiger partial charge is 0.231 e. The van der Waals surface area contributed by atoms with Gasteiger partial charge >= 0.3 is 0 Å². The largest absolute Gasteiger partial charge is 0.454 e. The first-order valence-electron chi connectivity index (χ1n) is 5.00. The molecule has 1 heterocycles. The lowest BCUT2D eigenvalue weighted by atomic mass is 9.78. The van der Waals surface area contributed by atoms with E-state index in [-0.39, 0.29) is 5.41 Å². The Bertz CT molecular complexity index is 323. The van der Waals surface area contributed by atoms with E-state index in [9.17, 15) is 0 Å². The van der Waals surface area contributed by atoms with Crippen LogP contribution in [0, 0.1) is 11.3 Å². The highest BCUT2D eigenvalue weighted by Gasteiger charge is 2.28. The van der Waals surface area contributed by atoms with E-state index in [0.29, 0.717) is 12.7 Å². The molecule has 1 unspecified atom stereocenters. The predicted octanol–water partition coefficient (Wildman–Crippen LogP) is 2.99. The van der Waals surface area contributed by atoms with Gasteiger partial charge in [0.15, 0.2) is 11.5 Å². The highest BCUT2D eigenvalue weighted by Crippen LogP contribution is 2.36. The highest BCUT2D eigenvalue weighted by atomic mass is 16.7. The summed E-state index contributed by atoms with van der Waals surface area (Å²) in [5, 5.41) is 0. The fourth-order valence-corrected chi connectivity index (χ4v) is 1.57. The molecule has 0 saturated carbocycles. The first-order chi connectivity index (χ1) is 6.62. The number of hydrogen-bond acceptors (Lipinski definition) is 2. The van der Waals surface area contributed by atoms with Gasteiger partial charge in [-0.05, 0) is 18.1 Å². The van der Waals surface area contributed by atoms with Crippen molar-refractivity contribution in [2.75, 3.05) is 6.79 Å². The van der Waals surface area contributed by atoms with Gasteiger partial charge in [-0.25, -0.2) is 0 Å². The van der Waals surface area contributed by atoms with Gasteiger partial charge in [0.2, 0.25) is 6.79 Å². The quantitative estimate of drug-likeness (QED) is 0.636. The third-order valence-corrected chi connectivity index (χ3v) is 3.06. The summed E-state index contributed by atoms with van der Waals surface area (Å²) in [7, 11) is 0. The minimum Gasteiger partial charge on any atom is -0.454 e. The van der Waals surface area contributed by atoms with E-state index in [1.807, 2.05) is 12.2 Å². The summed E-state index contributed by atoms with van der Waals surface area (Å²) in [4.78, 5) is 0. The van der Waals surface area contributed by atoms with E-state index in [1.54, 1.807) is 0 Å². The Morgan fingerprint density at radius 3 is 2.71 bits per heavy atom. The molecule has 1 atom stereocenters. The van der Waals surface area contributed by atoms with Gasteiger partial charge in [0.25, 0.3) is 0 Å². The Hall–Kier alpha value is -1.18. The molecule has 1 fully saturated rings. The van der Waals surface area contributed by atoms with E-state index in [1.165, 1.54) is 0 Å². The first-order valence-corrected chi connectivity index (χ1v) is 5.00. The van der Waals surface area contributed by atoms with Crippen LogP contribution in [0.2, 0.25) is 0 Å². The van der Waals surface area contributed by atoms with E-state index >= 15 is 0 Å². The Morgan fingerprint density at radius 1 is 1.29 bits per heavy atom. The molecular weight excluding hydrogens is 176 g/mol. The summed E-state index contributed by atoms with van der Waals surface area (Å²) in [5.74, 6) is 2.28. The molecule has 2 nitrogen and oxygen atoms in total. The number of allylic oxidation sites excluding steroid dienone is 4. The van der Waals surface area contributed by atoms with E-state index in [2.05, 4.69) is 32.9 Å². The van der Waals surface area contributed by atoms with E-state index in [4.69, 9.17) is 9.47 Å². The molecule has 2 heteroatoms. The van der Waals surface area contributed by atoms with Gasteiger partial charge < -0.3 is 9.47 Å². The number of rotatable bonds is 1. The average molecular weight is 192 g/mol. The van der Waals surface area contributed by atoms with Crippen LogP contribution in [0.15, 0.2) is 35.8 Å². The summed E-state index contributed by atoms with van der Waals surface area (Å²) in [6.45, 7) is 6.98. The minimum absolute atomic E-state index is 0.0568. The molecule has 0 bridgehead atoms. The van der Waals surface area contributed by atoms with Crippen LogP contribution < -0.4 is 0 Å². The SMILES string of the molecule is CC(C)C1(C)C=CC=C2OCOC2=C1. The molecule has 1 aliphatic carbocycles. The molecule has 0 aromatic carbocycles. The van der Waals surface area contributed by atoms with Gasteiger partial charge in [-0.1, -0.05) is 32.9 Å². The summed E-state index contributed by atoms with van der Waals surface area (Å²) >= 11 is 0. The van der Waals surface area contributed by atoms with Gasteiger partial charge in [-0.3, -0.25) is 0 Å². The monoisotopic (exact) mass is 192 g/mol. The number of ether oxygens (including phenoxy) is 2. The molecule has 0 N–H and O–H groups in total. The van der Waals surface area contributed by atoms with Crippen molar-refractivity contribution in [1.29, 1.82) is 0 Å². The molecule has 1 aliphatic heterocycles. The van der Waals surface area contributed by atoms with Crippen molar-refractivity contribution in [3.63, 3.8) is 0 Å². The first kappa shape index (κ1) is 9.38. The maximum atomic E-state index is 5.41. The lowest BCUT2D eigenvalue weighted by Gasteiger charge is -2.26. The second-order valence-electron chi connectivity index (χ2n) is 4.33. The fourth-order valence-electron chi connectivity index (χ4n) is 1.57. The Morgan fingerprint density at radius 2 is 2.00 bits per heavy atom. The van der Waals surface area contributed by atoms with Crippen molar-refractivity contribution in [3.05, 3.63) is 35.8 Å². The zero-order chi connectivity index (χ0) is 10.2. The maximum absolute atomic E-state index is 5.41.